The number of phenols is 1. The second-order valence-corrected chi connectivity index (χ2v) is 6.54. The maximum absolute atomic E-state index is 11.5. The third-order valence-corrected chi connectivity index (χ3v) is 3.18. The van der Waals surface area contributed by atoms with Crippen LogP contribution >= 0.6 is 23.2 Å². The Bertz CT molecular complexity index is 522. The Hall–Kier alpha value is -1.21. The molecule has 0 aliphatic carbocycles. The van der Waals surface area contributed by atoms with Gasteiger partial charge in [-0.3, -0.25) is 0 Å². The first kappa shape index (κ1) is 18.8. The SMILES string of the molecule is CC(C)(C)OC(=O)NCC(O)C(O)c1cc(Cl)c(O)c(Cl)c1. The second-order valence-electron chi connectivity index (χ2n) is 5.73. The molecule has 0 spiro atoms. The van der Waals surface area contributed by atoms with Gasteiger partial charge in [-0.1, -0.05) is 23.2 Å². The lowest BCUT2D eigenvalue weighted by molar-refractivity contribution is 0.0129. The van der Waals surface area contributed by atoms with E-state index >= 15 is 0 Å². The van der Waals surface area contributed by atoms with E-state index in [2.05, 4.69) is 5.32 Å². The molecule has 1 aromatic carbocycles. The number of benzene rings is 1. The summed E-state index contributed by atoms with van der Waals surface area (Å²) in [7, 11) is 0. The topological polar surface area (TPSA) is 99.0 Å². The summed E-state index contributed by atoms with van der Waals surface area (Å²) in [5, 5.41) is 31.6. The van der Waals surface area contributed by atoms with Crippen LogP contribution in [-0.2, 0) is 4.74 Å². The fraction of sp³-hybridized carbons (Fsp3) is 0.500. The zero-order valence-corrected chi connectivity index (χ0v) is 13.9. The highest BCUT2D eigenvalue weighted by molar-refractivity contribution is 6.37. The zero-order chi connectivity index (χ0) is 17.1. The van der Waals surface area contributed by atoms with Crippen molar-refractivity contribution < 1.29 is 24.9 Å². The lowest BCUT2D eigenvalue weighted by atomic mass is 10.0. The van der Waals surface area contributed by atoms with Gasteiger partial charge in [-0.2, -0.15) is 0 Å². The quantitative estimate of drug-likeness (QED) is 0.668. The van der Waals surface area contributed by atoms with Crippen molar-refractivity contribution in [2.24, 2.45) is 0 Å². The van der Waals surface area contributed by atoms with Gasteiger partial charge in [0.25, 0.3) is 0 Å². The molecule has 0 heterocycles. The first-order chi connectivity index (χ1) is 10.0. The van der Waals surface area contributed by atoms with Gasteiger partial charge in [0, 0.05) is 6.54 Å². The second kappa shape index (κ2) is 7.37. The van der Waals surface area contributed by atoms with Crippen LogP contribution in [0, 0.1) is 0 Å². The van der Waals surface area contributed by atoms with Crippen molar-refractivity contribution >= 4 is 29.3 Å². The molecule has 8 heteroatoms. The van der Waals surface area contributed by atoms with E-state index in [1.54, 1.807) is 20.8 Å². The van der Waals surface area contributed by atoms with Gasteiger partial charge in [-0.05, 0) is 38.5 Å². The number of aromatic hydroxyl groups is 1. The van der Waals surface area contributed by atoms with Crippen molar-refractivity contribution in [1.82, 2.24) is 5.32 Å². The molecule has 4 N–H and O–H groups in total. The Morgan fingerprint density at radius 3 is 2.23 bits per heavy atom. The number of carbonyl (C=O) groups excluding carboxylic acids is 1. The van der Waals surface area contributed by atoms with Gasteiger partial charge in [0.2, 0.25) is 0 Å². The molecular formula is C14H19Cl2NO5. The first-order valence-corrected chi connectivity index (χ1v) is 7.27. The maximum atomic E-state index is 11.5. The lowest BCUT2D eigenvalue weighted by Crippen LogP contribution is -2.38. The van der Waals surface area contributed by atoms with Crippen LogP contribution in [0.3, 0.4) is 0 Å². The summed E-state index contributed by atoms with van der Waals surface area (Å²) in [5.41, 5.74) is -0.447. The molecule has 0 fully saturated rings. The summed E-state index contributed by atoms with van der Waals surface area (Å²) in [6.45, 7) is 4.89. The zero-order valence-electron chi connectivity index (χ0n) is 12.4. The van der Waals surface area contributed by atoms with Crippen LogP contribution in [0.1, 0.15) is 32.4 Å². The van der Waals surface area contributed by atoms with E-state index in [0.29, 0.717) is 0 Å². The molecule has 2 unspecified atom stereocenters. The van der Waals surface area contributed by atoms with E-state index in [-0.39, 0.29) is 27.9 Å². The van der Waals surface area contributed by atoms with Crippen LogP contribution in [0.15, 0.2) is 12.1 Å². The number of phenolic OH excluding ortho intramolecular Hbond substituents is 1. The minimum atomic E-state index is -1.34. The molecule has 0 saturated heterocycles. The minimum absolute atomic E-state index is 0.0474. The molecule has 2 atom stereocenters. The van der Waals surface area contributed by atoms with Gasteiger partial charge in [0.05, 0.1) is 10.0 Å². The van der Waals surface area contributed by atoms with Gasteiger partial charge < -0.3 is 25.4 Å². The number of halogens is 2. The molecular weight excluding hydrogens is 333 g/mol. The maximum Gasteiger partial charge on any atom is 0.407 e. The summed E-state index contributed by atoms with van der Waals surface area (Å²) in [5.74, 6) is -0.305. The standard InChI is InChI=1S/C14H19Cl2NO5/c1-14(2,3)22-13(21)17-6-10(18)11(19)7-4-8(15)12(20)9(16)5-7/h4-5,10-11,18-20H,6H2,1-3H3,(H,17,21). The summed E-state index contributed by atoms with van der Waals surface area (Å²) in [6, 6.07) is 2.56. The summed E-state index contributed by atoms with van der Waals surface area (Å²) < 4.78 is 5.01. The largest absolute Gasteiger partial charge is 0.505 e. The monoisotopic (exact) mass is 351 g/mol. The highest BCUT2D eigenvalue weighted by Crippen LogP contribution is 2.35. The Labute approximate surface area is 138 Å². The van der Waals surface area contributed by atoms with Crippen LogP contribution in [0.25, 0.3) is 0 Å². The van der Waals surface area contributed by atoms with Gasteiger partial charge in [-0.15, -0.1) is 0 Å². The van der Waals surface area contributed by atoms with Crippen LogP contribution in [-0.4, -0.2) is 39.7 Å². The molecule has 0 saturated carbocycles. The van der Waals surface area contributed by atoms with Gasteiger partial charge in [0.15, 0.2) is 5.75 Å². The van der Waals surface area contributed by atoms with Crippen LogP contribution < -0.4 is 5.32 Å². The van der Waals surface area contributed by atoms with Crippen molar-refractivity contribution in [3.63, 3.8) is 0 Å². The highest BCUT2D eigenvalue weighted by atomic mass is 35.5. The first-order valence-electron chi connectivity index (χ1n) is 6.52. The normalized spacial score (nSPS) is 14.3. The molecule has 6 nitrogen and oxygen atoms in total. The lowest BCUT2D eigenvalue weighted by Gasteiger charge is -2.22. The average Bonchev–Trinajstić information content (AvgIpc) is 2.38. The van der Waals surface area contributed by atoms with Crippen LogP contribution in [0.5, 0.6) is 5.75 Å². The fourth-order valence-corrected chi connectivity index (χ4v) is 2.10. The average molecular weight is 352 g/mol. The predicted octanol–water partition coefficient (Wildman–Crippen LogP) is 2.62. The van der Waals surface area contributed by atoms with Gasteiger partial charge in [0.1, 0.15) is 17.8 Å². The molecule has 22 heavy (non-hydrogen) atoms. The molecule has 124 valence electrons. The number of carbonyl (C=O) groups is 1. The van der Waals surface area contributed by atoms with E-state index in [0.717, 1.165) is 0 Å². The Morgan fingerprint density at radius 1 is 1.27 bits per heavy atom. The molecule has 0 aliphatic rings. The van der Waals surface area contributed by atoms with Crippen molar-refractivity contribution in [3.8, 4) is 5.75 Å². The van der Waals surface area contributed by atoms with E-state index < -0.39 is 23.9 Å². The van der Waals surface area contributed by atoms with Crippen LogP contribution in [0.2, 0.25) is 10.0 Å². The number of hydrogen-bond acceptors (Lipinski definition) is 5. The number of aliphatic hydroxyl groups excluding tert-OH is 2. The molecule has 0 bridgehead atoms. The summed E-state index contributed by atoms with van der Waals surface area (Å²) in [4.78, 5) is 11.5. The van der Waals surface area contributed by atoms with Crippen LogP contribution in [0.4, 0.5) is 4.79 Å². The van der Waals surface area contributed by atoms with Crippen molar-refractivity contribution in [2.75, 3.05) is 6.54 Å². The third kappa shape index (κ3) is 5.53. The van der Waals surface area contributed by atoms with E-state index in [9.17, 15) is 20.1 Å². The van der Waals surface area contributed by atoms with Crippen molar-refractivity contribution in [3.05, 3.63) is 27.7 Å². The predicted molar refractivity (Wildman–Crippen MR) is 83.3 cm³/mol. The number of ether oxygens (including phenoxy) is 1. The summed E-state index contributed by atoms with van der Waals surface area (Å²) >= 11 is 11.5. The molecule has 1 rings (SSSR count). The van der Waals surface area contributed by atoms with E-state index in [4.69, 9.17) is 27.9 Å². The molecule has 1 amide bonds. The number of alkyl carbamates (subject to hydrolysis) is 1. The molecule has 0 radical (unpaired) electrons. The fourth-order valence-electron chi connectivity index (χ4n) is 1.59. The Morgan fingerprint density at radius 2 is 1.77 bits per heavy atom. The third-order valence-electron chi connectivity index (χ3n) is 2.60. The van der Waals surface area contributed by atoms with Crippen molar-refractivity contribution in [1.29, 1.82) is 0 Å². The number of aliphatic hydroxyl groups is 2. The highest BCUT2D eigenvalue weighted by Gasteiger charge is 2.23. The number of rotatable bonds is 4. The van der Waals surface area contributed by atoms with E-state index in [1.165, 1.54) is 12.1 Å². The Kier molecular flexibility index (Phi) is 6.31. The van der Waals surface area contributed by atoms with Gasteiger partial charge >= 0.3 is 6.09 Å². The number of nitrogens with one attached hydrogen (secondary N) is 1. The number of amides is 1. The van der Waals surface area contributed by atoms with E-state index in [1.807, 2.05) is 0 Å². The number of hydrogen-bond donors (Lipinski definition) is 4. The Balaban J connectivity index is 2.66. The smallest absolute Gasteiger partial charge is 0.407 e. The molecule has 0 aliphatic heterocycles. The summed E-state index contributed by atoms with van der Waals surface area (Å²) in [6.07, 6.45) is -3.35. The van der Waals surface area contributed by atoms with Gasteiger partial charge in [-0.25, -0.2) is 4.79 Å². The minimum Gasteiger partial charge on any atom is -0.505 e. The molecule has 1 aromatic rings. The van der Waals surface area contributed by atoms with Crippen molar-refractivity contribution in [2.45, 2.75) is 38.6 Å². The molecule has 0 aromatic heterocycles.